The van der Waals surface area contributed by atoms with Crippen molar-refractivity contribution < 1.29 is 9.13 Å². The van der Waals surface area contributed by atoms with E-state index in [2.05, 4.69) is 24.3 Å². The summed E-state index contributed by atoms with van der Waals surface area (Å²) in [4.78, 5) is 17.5. The highest BCUT2D eigenvalue weighted by Gasteiger charge is 2.22. The Morgan fingerprint density at radius 2 is 1.97 bits per heavy atom. The minimum atomic E-state index is -0.248. The third kappa shape index (κ3) is 4.41. The molecule has 3 heterocycles. The van der Waals surface area contributed by atoms with Gasteiger partial charge in [-0.15, -0.1) is 0 Å². The zero-order valence-corrected chi connectivity index (χ0v) is 16.8. The van der Waals surface area contributed by atoms with Crippen LogP contribution < -0.4 is 10.9 Å². The second-order valence-electron chi connectivity index (χ2n) is 8.04. The van der Waals surface area contributed by atoms with Gasteiger partial charge < -0.3 is 10.1 Å². The summed E-state index contributed by atoms with van der Waals surface area (Å²) in [7, 11) is 0. The molecule has 1 aliphatic rings. The molecule has 1 fully saturated rings. The first-order chi connectivity index (χ1) is 14.0. The van der Waals surface area contributed by atoms with Crippen LogP contribution in [0.1, 0.15) is 55.6 Å². The number of halogens is 1. The van der Waals surface area contributed by atoms with Gasteiger partial charge >= 0.3 is 0 Å². The molecule has 0 unspecified atom stereocenters. The third-order valence-electron chi connectivity index (χ3n) is 5.58. The Morgan fingerprint density at radius 1 is 1.24 bits per heavy atom. The van der Waals surface area contributed by atoms with Gasteiger partial charge in [-0.1, -0.05) is 26.0 Å². The molecule has 0 spiro atoms. The smallest absolute Gasteiger partial charge is 0.272 e. The first-order valence-corrected chi connectivity index (χ1v) is 10.2. The van der Waals surface area contributed by atoms with Gasteiger partial charge in [0.25, 0.3) is 5.56 Å². The lowest BCUT2D eigenvalue weighted by Crippen LogP contribution is -2.28. The van der Waals surface area contributed by atoms with Crippen LogP contribution in [0, 0.1) is 11.7 Å². The molecule has 0 aliphatic carbocycles. The van der Waals surface area contributed by atoms with Crippen LogP contribution in [-0.4, -0.2) is 27.8 Å². The summed E-state index contributed by atoms with van der Waals surface area (Å²) in [5, 5.41) is 6.70. The largest absolute Gasteiger partial charge is 0.381 e. The van der Waals surface area contributed by atoms with E-state index in [-0.39, 0.29) is 23.3 Å². The summed E-state index contributed by atoms with van der Waals surface area (Å²) in [6.45, 7) is 6.25. The second kappa shape index (κ2) is 8.47. The van der Waals surface area contributed by atoms with Crippen molar-refractivity contribution in [2.75, 3.05) is 13.2 Å². The van der Waals surface area contributed by atoms with Gasteiger partial charge in [0.1, 0.15) is 5.82 Å². The summed E-state index contributed by atoms with van der Waals surface area (Å²) in [5.74, 6) is 0.353. The zero-order valence-electron chi connectivity index (χ0n) is 16.8. The van der Waals surface area contributed by atoms with E-state index in [1.807, 2.05) is 6.07 Å². The Hall–Kier alpha value is -2.51. The molecule has 3 aromatic rings. The summed E-state index contributed by atoms with van der Waals surface area (Å²) in [6.07, 6.45) is 1.89. The van der Waals surface area contributed by atoms with E-state index in [0.717, 1.165) is 43.0 Å². The van der Waals surface area contributed by atoms with Crippen molar-refractivity contribution in [3.63, 3.8) is 0 Å². The SMILES string of the molecule is CC(C)[C@H](NCc1ccc(F)cc1)c1cc(=O)n2[nH]c(C3CCOCC3)cc2n1. The molecule has 0 saturated carbocycles. The number of ether oxygens (including phenoxy) is 1. The van der Waals surface area contributed by atoms with Crippen LogP contribution in [0.4, 0.5) is 4.39 Å². The Balaban J connectivity index is 1.59. The summed E-state index contributed by atoms with van der Waals surface area (Å²) in [5.41, 5.74) is 3.28. The molecule has 154 valence electrons. The highest BCUT2D eigenvalue weighted by atomic mass is 19.1. The van der Waals surface area contributed by atoms with E-state index in [4.69, 9.17) is 9.72 Å². The van der Waals surface area contributed by atoms with Crippen LogP contribution in [-0.2, 0) is 11.3 Å². The molecule has 7 heteroatoms. The fourth-order valence-corrected chi connectivity index (χ4v) is 3.92. The third-order valence-corrected chi connectivity index (χ3v) is 5.58. The molecule has 0 amide bonds. The van der Waals surface area contributed by atoms with Gasteiger partial charge in [-0.2, -0.15) is 0 Å². The van der Waals surface area contributed by atoms with Gasteiger partial charge in [-0.25, -0.2) is 13.9 Å². The Labute approximate surface area is 169 Å². The van der Waals surface area contributed by atoms with Crippen molar-refractivity contribution in [3.8, 4) is 0 Å². The molecule has 2 aromatic heterocycles. The number of H-pyrrole nitrogens is 1. The standard InChI is InChI=1S/C22H27FN4O2/c1-14(2)22(24-13-15-3-5-17(23)6-4-15)19-12-21(28)27-20(25-19)11-18(26-27)16-7-9-29-10-8-16/h3-6,11-12,14,16,22,24,26H,7-10,13H2,1-2H3/t22-/m0/s1. The summed E-state index contributed by atoms with van der Waals surface area (Å²) >= 11 is 0. The van der Waals surface area contributed by atoms with Crippen molar-refractivity contribution in [2.24, 2.45) is 5.92 Å². The van der Waals surface area contributed by atoms with Crippen LogP contribution in [0.25, 0.3) is 5.65 Å². The Morgan fingerprint density at radius 3 is 2.66 bits per heavy atom. The minimum Gasteiger partial charge on any atom is -0.381 e. The maximum absolute atomic E-state index is 13.1. The van der Waals surface area contributed by atoms with Crippen molar-refractivity contribution in [1.29, 1.82) is 0 Å². The average molecular weight is 398 g/mol. The number of benzene rings is 1. The van der Waals surface area contributed by atoms with Gasteiger partial charge in [0.05, 0.1) is 11.7 Å². The van der Waals surface area contributed by atoms with Gasteiger partial charge in [0, 0.05) is 43.5 Å². The van der Waals surface area contributed by atoms with E-state index < -0.39 is 0 Å². The summed E-state index contributed by atoms with van der Waals surface area (Å²) in [6, 6.07) is 9.93. The second-order valence-corrected chi connectivity index (χ2v) is 8.04. The van der Waals surface area contributed by atoms with Crippen molar-refractivity contribution in [1.82, 2.24) is 19.9 Å². The molecule has 1 atom stereocenters. The van der Waals surface area contributed by atoms with Crippen LogP contribution >= 0.6 is 0 Å². The molecule has 1 aliphatic heterocycles. The topological polar surface area (TPSA) is 71.4 Å². The molecule has 6 nitrogen and oxygen atoms in total. The number of hydrogen-bond donors (Lipinski definition) is 2. The lowest BCUT2D eigenvalue weighted by atomic mass is 9.97. The van der Waals surface area contributed by atoms with Crippen LogP contribution in [0.2, 0.25) is 0 Å². The number of rotatable bonds is 6. The first-order valence-electron chi connectivity index (χ1n) is 10.2. The van der Waals surface area contributed by atoms with Gasteiger partial charge in [0.2, 0.25) is 0 Å². The van der Waals surface area contributed by atoms with Crippen LogP contribution in [0.5, 0.6) is 0 Å². The monoisotopic (exact) mass is 398 g/mol. The fraction of sp³-hybridized carbons (Fsp3) is 0.455. The highest BCUT2D eigenvalue weighted by Crippen LogP contribution is 2.27. The molecule has 0 radical (unpaired) electrons. The maximum atomic E-state index is 13.1. The molecule has 4 rings (SSSR count). The van der Waals surface area contributed by atoms with Crippen LogP contribution in [0.15, 0.2) is 41.2 Å². The van der Waals surface area contributed by atoms with Gasteiger partial charge in [-0.05, 0) is 36.5 Å². The number of fused-ring (bicyclic) bond motifs is 1. The highest BCUT2D eigenvalue weighted by molar-refractivity contribution is 5.41. The Bertz CT molecular complexity index is 1020. The predicted octanol–water partition coefficient (Wildman–Crippen LogP) is 3.54. The van der Waals surface area contributed by atoms with Crippen molar-refractivity contribution in [2.45, 2.75) is 45.2 Å². The molecule has 29 heavy (non-hydrogen) atoms. The predicted molar refractivity (Wildman–Crippen MR) is 109 cm³/mol. The molecule has 1 aromatic carbocycles. The van der Waals surface area contributed by atoms with Gasteiger partial charge in [0.15, 0.2) is 5.65 Å². The van der Waals surface area contributed by atoms with E-state index >= 15 is 0 Å². The fourth-order valence-electron chi connectivity index (χ4n) is 3.92. The maximum Gasteiger partial charge on any atom is 0.272 e. The van der Waals surface area contributed by atoms with E-state index in [9.17, 15) is 9.18 Å². The van der Waals surface area contributed by atoms with Gasteiger partial charge in [-0.3, -0.25) is 9.89 Å². The van der Waals surface area contributed by atoms with E-state index in [0.29, 0.717) is 18.1 Å². The number of nitrogens with one attached hydrogen (secondary N) is 2. The molecular formula is C22H27FN4O2. The summed E-state index contributed by atoms with van der Waals surface area (Å²) < 4.78 is 20.1. The normalized spacial score (nSPS) is 16.6. The van der Waals surface area contributed by atoms with Crippen LogP contribution in [0.3, 0.4) is 0 Å². The molecule has 2 N–H and O–H groups in total. The lowest BCUT2D eigenvalue weighted by molar-refractivity contribution is 0.0844. The lowest BCUT2D eigenvalue weighted by Gasteiger charge is -2.22. The van der Waals surface area contributed by atoms with Crippen molar-refractivity contribution in [3.05, 3.63) is 69.5 Å². The number of aromatic nitrogens is 3. The molecule has 0 bridgehead atoms. The Kier molecular flexibility index (Phi) is 5.78. The zero-order chi connectivity index (χ0) is 20.4. The quantitative estimate of drug-likeness (QED) is 0.666. The number of hydrogen-bond acceptors (Lipinski definition) is 4. The minimum absolute atomic E-state index is 0.0841. The average Bonchev–Trinajstić information content (AvgIpc) is 3.15. The number of nitrogens with zero attached hydrogens (tertiary/aromatic N) is 2. The molecular weight excluding hydrogens is 371 g/mol. The number of aromatic amines is 1. The molecule has 1 saturated heterocycles. The van der Waals surface area contributed by atoms with E-state index in [1.165, 1.54) is 16.6 Å². The van der Waals surface area contributed by atoms with Crippen molar-refractivity contribution >= 4 is 5.65 Å². The first kappa shape index (κ1) is 19.8. The van der Waals surface area contributed by atoms with E-state index in [1.54, 1.807) is 18.2 Å².